The van der Waals surface area contributed by atoms with Crippen molar-refractivity contribution in [1.82, 2.24) is 9.97 Å². The van der Waals surface area contributed by atoms with Crippen LogP contribution in [0.2, 0.25) is 0 Å². The maximum absolute atomic E-state index is 11.4. The van der Waals surface area contributed by atoms with Crippen molar-refractivity contribution in [1.29, 1.82) is 0 Å². The van der Waals surface area contributed by atoms with E-state index >= 15 is 0 Å². The SMILES string of the molecule is COC(=O)c1ccc(-c2csc(-c3ccncc3)n2)cc1. The highest BCUT2D eigenvalue weighted by Crippen LogP contribution is 2.28. The summed E-state index contributed by atoms with van der Waals surface area (Å²) in [4.78, 5) is 20.0. The number of ether oxygens (including phenoxy) is 1. The molecule has 21 heavy (non-hydrogen) atoms. The Kier molecular flexibility index (Phi) is 3.75. The van der Waals surface area contributed by atoms with E-state index in [1.807, 2.05) is 29.6 Å². The number of nitrogens with zero attached hydrogens (tertiary/aromatic N) is 2. The molecular formula is C16H12N2O2S. The Bertz CT molecular complexity index is 751. The molecule has 1 aromatic carbocycles. The van der Waals surface area contributed by atoms with Crippen LogP contribution in [0.25, 0.3) is 21.8 Å². The minimum atomic E-state index is -0.336. The van der Waals surface area contributed by atoms with Crippen LogP contribution in [0.1, 0.15) is 10.4 Å². The number of methoxy groups -OCH3 is 1. The molecule has 0 saturated heterocycles. The molecule has 0 unspecified atom stereocenters. The number of aromatic nitrogens is 2. The van der Waals surface area contributed by atoms with Gasteiger partial charge in [-0.05, 0) is 24.3 Å². The summed E-state index contributed by atoms with van der Waals surface area (Å²) >= 11 is 1.58. The molecule has 0 aliphatic rings. The standard InChI is InChI=1S/C16H12N2O2S/c1-20-16(19)13-4-2-11(3-5-13)14-10-21-15(18-14)12-6-8-17-9-7-12/h2-10H,1H3. The number of carbonyl (C=O) groups excluding carboxylic acids is 1. The first-order valence-corrected chi connectivity index (χ1v) is 7.20. The van der Waals surface area contributed by atoms with E-state index in [2.05, 4.69) is 14.7 Å². The summed E-state index contributed by atoms with van der Waals surface area (Å²) in [5.74, 6) is -0.336. The van der Waals surface area contributed by atoms with Gasteiger partial charge in [-0.3, -0.25) is 4.98 Å². The molecule has 2 heterocycles. The van der Waals surface area contributed by atoms with Crippen molar-refractivity contribution in [3.63, 3.8) is 0 Å². The Morgan fingerprint density at radius 3 is 2.43 bits per heavy atom. The van der Waals surface area contributed by atoms with Crippen LogP contribution < -0.4 is 0 Å². The largest absolute Gasteiger partial charge is 0.465 e. The molecule has 104 valence electrons. The van der Waals surface area contributed by atoms with Crippen LogP contribution in [-0.2, 0) is 4.74 Å². The molecule has 0 fully saturated rings. The number of pyridine rings is 1. The van der Waals surface area contributed by atoms with E-state index in [1.165, 1.54) is 7.11 Å². The number of hydrogen-bond acceptors (Lipinski definition) is 5. The second-order valence-corrected chi connectivity index (χ2v) is 5.20. The lowest BCUT2D eigenvalue weighted by Gasteiger charge is -2.00. The lowest BCUT2D eigenvalue weighted by atomic mass is 10.1. The van der Waals surface area contributed by atoms with Gasteiger partial charge in [-0.25, -0.2) is 9.78 Å². The molecule has 0 saturated carbocycles. The smallest absolute Gasteiger partial charge is 0.337 e. The Balaban J connectivity index is 1.88. The fourth-order valence-electron chi connectivity index (χ4n) is 1.93. The van der Waals surface area contributed by atoms with Gasteiger partial charge in [0, 0.05) is 28.9 Å². The third-order valence-electron chi connectivity index (χ3n) is 3.03. The Hall–Kier alpha value is -2.53. The Morgan fingerprint density at radius 1 is 1.05 bits per heavy atom. The van der Waals surface area contributed by atoms with Gasteiger partial charge in [0.25, 0.3) is 0 Å². The normalized spacial score (nSPS) is 10.3. The summed E-state index contributed by atoms with van der Waals surface area (Å²) in [5.41, 5.74) is 3.45. The van der Waals surface area contributed by atoms with Crippen LogP contribution in [0.3, 0.4) is 0 Å². The van der Waals surface area contributed by atoms with E-state index in [9.17, 15) is 4.79 Å². The monoisotopic (exact) mass is 296 g/mol. The molecule has 5 heteroatoms. The maximum atomic E-state index is 11.4. The van der Waals surface area contributed by atoms with Crippen LogP contribution in [0.5, 0.6) is 0 Å². The highest BCUT2D eigenvalue weighted by Gasteiger charge is 2.08. The van der Waals surface area contributed by atoms with E-state index in [-0.39, 0.29) is 5.97 Å². The van der Waals surface area contributed by atoms with Crippen molar-refractivity contribution in [2.24, 2.45) is 0 Å². The van der Waals surface area contributed by atoms with Crippen molar-refractivity contribution in [3.8, 4) is 21.8 Å². The Morgan fingerprint density at radius 2 is 1.76 bits per heavy atom. The minimum absolute atomic E-state index is 0.336. The average molecular weight is 296 g/mol. The van der Waals surface area contributed by atoms with E-state index in [1.54, 1.807) is 35.9 Å². The van der Waals surface area contributed by atoms with Gasteiger partial charge in [-0.2, -0.15) is 0 Å². The van der Waals surface area contributed by atoms with Crippen molar-refractivity contribution in [2.45, 2.75) is 0 Å². The number of carbonyl (C=O) groups is 1. The summed E-state index contributed by atoms with van der Waals surface area (Å²) < 4.78 is 4.69. The number of hydrogen-bond donors (Lipinski definition) is 0. The molecule has 0 radical (unpaired) electrons. The molecule has 2 aromatic heterocycles. The Labute approximate surface area is 126 Å². The zero-order valence-corrected chi connectivity index (χ0v) is 12.1. The van der Waals surface area contributed by atoms with Crippen molar-refractivity contribution in [2.75, 3.05) is 7.11 Å². The van der Waals surface area contributed by atoms with Gasteiger partial charge in [0.05, 0.1) is 18.4 Å². The number of benzene rings is 1. The molecule has 0 bridgehead atoms. The topological polar surface area (TPSA) is 52.1 Å². The van der Waals surface area contributed by atoms with Crippen LogP contribution in [-0.4, -0.2) is 23.0 Å². The molecule has 0 spiro atoms. The van der Waals surface area contributed by atoms with Crippen LogP contribution >= 0.6 is 11.3 Å². The van der Waals surface area contributed by atoms with Crippen LogP contribution in [0.15, 0.2) is 54.2 Å². The van der Waals surface area contributed by atoms with Crippen molar-refractivity contribution < 1.29 is 9.53 Å². The summed E-state index contributed by atoms with van der Waals surface area (Å²) in [6.45, 7) is 0. The van der Waals surface area contributed by atoms with E-state index in [0.717, 1.165) is 21.8 Å². The molecule has 0 aliphatic heterocycles. The van der Waals surface area contributed by atoms with Gasteiger partial charge in [-0.1, -0.05) is 12.1 Å². The van der Waals surface area contributed by atoms with Crippen LogP contribution in [0.4, 0.5) is 0 Å². The lowest BCUT2D eigenvalue weighted by molar-refractivity contribution is 0.0601. The molecule has 0 N–H and O–H groups in total. The number of esters is 1. The first-order chi connectivity index (χ1) is 10.3. The fraction of sp³-hybridized carbons (Fsp3) is 0.0625. The third kappa shape index (κ3) is 2.83. The summed E-state index contributed by atoms with van der Waals surface area (Å²) in [6.07, 6.45) is 3.50. The second-order valence-electron chi connectivity index (χ2n) is 4.34. The molecule has 4 nitrogen and oxygen atoms in total. The summed E-state index contributed by atoms with van der Waals surface area (Å²) in [5, 5.41) is 2.95. The molecule has 3 rings (SSSR count). The fourth-order valence-corrected chi connectivity index (χ4v) is 2.76. The van der Waals surface area contributed by atoms with Gasteiger partial charge in [-0.15, -0.1) is 11.3 Å². The predicted molar refractivity (Wildman–Crippen MR) is 82.1 cm³/mol. The zero-order chi connectivity index (χ0) is 14.7. The van der Waals surface area contributed by atoms with E-state index < -0.39 is 0 Å². The van der Waals surface area contributed by atoms with Gasteiger partial charge in [0.2, 0.25) is 0 Å². The number of thiazole rings is 1. The average Bonchev–Trinajstić information content (AvgIpc) is 3.05. The maximum Gasteiger partial charge on any atom is 0.337 e. The molecule has 3 aromatic rings. The van der Waals surface area contributed by atoms with Crippen molar-refractivity contribution >= 4 is 17.3 Å². The first kappa shape index (κ1) is 13.5. The van der Waals surface area contributed by atoms with Gasteiger partial charge in [0.15, 0.2) is 0 Å². The highest BCUT2D eigenvalue weighted by molar-refractivity contribution is 7.13. The molecule has 0 amide bonds. The molecule has 0 atom stereocenters. The van der Waals surface area contributed by atoms with Crippen molar-refractivity contribution in [3.05, 3.63) is 59.7 Å². The van der Waals surface area contributed by atoms with Gasteiger partial charge in [0.1, 0.15) is 5.01 Å². The van der Waals surface area contributed by atoms with Gasteiger partial charge < -0.3 is 4.74 Å². The van der Waals surface area contributed by atoms with Crippen LogP contribution in [0, 0.1) is 0 Å². The minimum Gasteiger partial charge on any atom is -0.465 e. The zero-order valence-electron chi connectivity index (χ0n) is 11.3. The second kappa shape index (κ2) is 5.85. The lowest BCUT2D eigenvalue weighted by Crippen LogP contribution is -2.00. The molecular weight excluding hydrogens is 284 g/mol. The predicted octanol–water partition coefficient (Wildman–Crippen LogP) is 3.66. The molecule has 0 aliphatic carbocycles. The summed E-state index contributed by atoms with van der Waals surface area (Å²) in [7, 11) is 1.37. The van der Waals surface area contributed by atoms with Gasteiger partial charge >= 0.3 is 5.97 Å². The van der Waals surface area contributed by atoms with E-state index in [4.69, 9.17) is 0 Å². The number of rotatable bonds is 3. The first-order valence-electron chi connectivity index (χ1n) is 6.32. The summed E-state index contributed by atoms with van der Waals surface area (Å²) in [6, 6.07) is 11.1. The third-order valence-corrected chi connectivity index (χ3v) is 3.92. The highest BCUT2D eigenvalue weighted by atomic mass is 32.1. The quantitative estimate of drug-likeness (QED) is 0.692. The van der Waals surface area contributed by atoms with E-state index in [0.29, 0.717) is 5.56 Å².